The molecule has 0 saturated carbocycles. The Morgan fingerprint density at radius 2 is 2.00 bits per heavy atom. The van der Waals surface area contributed by atoms with Gasteiger partial charge in [-0.2, -0.15) is 0 Å². The zero-order chi connectivity index (χ0) is 16.5. The molecule has 1 aromatic rings. The third-order valence-corrected chi connectivity index (χ3v) is 3.23. The van der Waals surface area contributed by atoms with Gasteiger partial charge in [0.1, 0.15) is 5.75 Å². The summed E-state index contributed by atoms with van der Waals surface area (Å²) in [7, 11) is 4.78. The van der Waals surface area contributed by atoms with Crippen molar-refractivity contribution in [3.05, 3.63) is 29.3 Å². The lowest BCUT2D eigenvalue weighted by atomic mass is 10.1. The van der Waals surface area contributed by atoms with Crippen molar-refractivity contribution < 1.29 is 19.1 Å². The molecule has 1 aromatic carbocycles. The van der Waals surface area contributed by atoms with Crippen molar-refractivity contribution in [2.45, 2.75) is 13.3 Å². The molecule has 122 valence electrons. The van der Waals surface area contributed by atoms with E-state index in [0.29, 0.717) is 24.5 Å². The number of hydrogen-bond donors (Lipinski definition) is 1. The summed E-state index contributed by atoms with van der Waals surface area (Å²) in [4.78, 5) is 25.5. The topological polar surface area (TPSA) is 67.9 Å². The fraction of sp³-hybridized carbons (Fsp3) is 0.500. The van der Waals surface area contributed by atoms with Gasteiger partial charge in [0.05, 0.1) is 13.7 Å². The van der Waals surface area contributed by atoms with Crippen LogP contribution in [-0.4, -0.2) is 57.7 Å². The number of amides is 2. The van der Waals surface area contributed by atoms with Crippen LogP contribution in [0.4, 0.5) is 0 Å². The Morgan fingerprint density at radius 3 is 2.64 bits per heavy atom. The highest BCUT2D eigenvalue weighted by molar-refractivity contribution is 5.96. The number of rotatable bonds is 8. The molecular formula is C16H24N2O4. The Hall–Kier alpha value is -2.08. The van der Waals surface area contributed by atoms with Crippen molar-refractivity contribution in [1.29, 1.82) is 0 Å². The van der Waals surface area contributed by atoms with Gasteiger partial charge in [0.25, 0.3) is 5.91 Å². The van der Waals surface area contributed by atoms with E-state index in [1.807, 2.05) is 13.0 Å². The minimum atomic E-state index is -0.217. The van der Waals surface area contributed by atoms with Crippen molar-refractivity contribution >= 4 is 11.8 Å². The predicted molar refractivity (Wildman–Crippen MR) is 84.2 cm³/mol. The molecule has 0 aromatic heterocycles. The Kier molecular flexibility index (Phi) is 7.39. The zero-order valence-corrected chi connectivity index (χ0v) is 13.6. The van der Waals surface area contributed by atoms with E-state index in [2.05, 4.69) is 5.32 Å². The van der Waals surface area contributed by atoms with E-state index in [4.69, 9.17) is 9.47 Å². The van der Waals surface area contributed by atoms with Crippen molar-refractivity contribution in [1.82, 2.24) is 10.2 Å². The fourth-order valence-electron chi connectivity index (χ4n) is 1.96. The van der Waals surface area contributed by atoms with E-state index in [-0.39, 0.29) is 18.4 Å². The number of hydrogen-bond acceptors (Lipinski definition) is 4. The number of likely N-dealkylation sites (N-methyl/N-ethyl adjacent to an activating group) is 1. The fourth-order valence-corrected chi connectivity index (χ4v) is 1.96. The highest BCUT2D eigenvalue weighted by Crippen LogP contribution is 2.19. The van der Waals surface area contributed by atoms with Crippen LogP contribution >= 0.6 is 0 Å². The van der Waals surface area contributed by atoms with Gasteiger partial charge in [0.2, 0.25) is 5.91 Å². The maximum absolute atomic E-state index is 12.3. The molecule has 0 fully saturated rings. The van der Waals surface area contributed by atoms with Gasteiger partial charge < -0.3 is 19.7 Å². The Morgan fingerprint density at radius 1 is 1.27 bits per heavy atom. The number of benzene rings is 1. The summed E-state index contributed by atoms with van der Waals surface area (Å²) >= 11 is 0. The van der Waals surface area contributed by atoms with E-state index in [1.165, 1.54) is 4.90 Å². The van der Waals surface area contributed by atoms with Crippen LogP contribution in [0.1, 0.15) is 22.3 Å². The number of nitrogens with zero attached hydrogens (tertiary/aromatic N) is 1. The van der Waals surface area contributed by atoms with Crippen molar-refractivity contribution in [3.63, 3.8) is 0 Å². The Labute approximate surface area is 131 Å². The van der Waals surface area contributed by atoms with E-state index in [0.717, 1.165) is 12.0 Å². The van der Waals surface area contributed by atoms with E-state index < -0.39 is 0 Å². The van der Waals surface area contributed by atoms with Crippen LogP contribution in [-0.2, 0) is 9.53 Å². The first-order valence-corrected chi connectivity index (χ1v) is 7.15. The summed E-state index contributed by atoms with van der Waals surface area (Å²) in [5, 5.41) is 2.75. The second-order valence-corrected chi connectivity index (χ2v) is 5.04. The lowest BCUT2D eigenvalue weighted by Crippen LogP contribution is -2.38. The van der Waals surface area contributed by atoms with Gasteiger partial charge in [-0.1, -0.05) is 6.07 Å². The molecule has 0 spiro atoms. The normalized spacial score (nSPS) is 10.2. The van der Waals surface area contributed by atoms with Gasteiger partial charge in [0, 0.05) is 32.9 Å². The quantitative estimate of drug-likeness (QED) is 0.734. The maximum atomic E-state index is 12.3. The number of ether oxygens (including phenoxy) is 2. The van der Waals surface area contributed by atoms with E-state index >= 15 is 0 Å². The molecule has 22 heavy (non-hydrogen) atoms. The molecule has 0 aliphatic rings. The molecule has 6 heteroatoms. The molecule has 0 aliphatic heterocycles. The molecule has 0 heterocycles. The van der Waals surface area contributed by atoms with E-state index in [1.54, 1.807) is 33.4 Å². The van der Waals surface area contributed by atoms with E-state index in [9.17, 15) is 9.59 Å². The molecule has 0 bridgehead atoms. The number of aryl methyl sites for hydroxylation is 1. The number of carbonyl (C=O) groups is 2. The van der Waals surface area contributed by atoms with Crippen molar-refractivity contribution in [2.24, 2.45) is 0 Å². The predicted octanol–water partition coefficient (Wildman–Crippen LogP) is 1.23. The first kappa shape index (κ1) is 18.0. The van der Waals surface area contributed by atoms with Gasteiger partial charge >= 0.3 is 0 Å². The van der Waals surface area contributed by atoms with Crippen LogP contribution in [0.5, 0.6) is 5.75 Å². The molecule has 0 aliphatic carbocycles. The molecular weight excluding hydrogens is 284 g/mol. The van der Waals surface area contributed by atoms with Gasteiger partial charge in [0.15, 0.2) is 0 Å². The second kappa shape index (κ2) is 9.04. The van der Waals surface area contributed by atoms with Gasteiger partial charge in [-0.05, 0) is 31.0 Å². The van der Waals surface area contributed by atoms with Gasteiger partial charge in [-0.25, -0.2) is 0 Å². The van der Waals surface area contributed by atoms with Crippen LogP contribution in [0.2, 0.25) is 0 Å². The third-order valence-electron chi connectivity index (χ3n) is 3.23. The van der Waals surface area contributed by atoms with Crippen molar-refractivity contribution in [3.8, 4) is 5.75 Å². The first-order chi connectivity index (χ1) is 10.5. The largest absolute Gasteiger partial charge is 0.496 e. The second-order valence-electron chi connectivity index (χ2n) is 5.04. The summed E-state index contributed by atoms with van der Waals surface area (Å²) < 4.78 is 10.1. The van der Waals surface area contributed by atoms with Crippen LogP contribution in [0.3, 0.4) is 0 Å². The Balaban J connectivity index is 2.56. The van der Waals surface area contributed by atoms with Crippen LogP contribution in [0.25, 0.3) is 0 Å². The summed E-state index contributed by atoms with van der Waals surface area (Å²) in [5.74, 6) is 0.250. The monoisotopic (exact) mass is 308 g/mol. The average Bonchev–Trinajstić information content (AvgIpc) is 2.51. The van der Waals surface area contributed by atoms with Crippen LogP contribution < -0.4 is 10.1 Å². The molecule has 6 nitrogen and oxygen atoms in total. The average molecular weight is 308 g/mol. The minimum absolute atomic E-state index is 0.0159. The summed E-state index contributed by atoms with van der Waals surface area (Å²) in [6.45, 7) is 3.05. The molecule has 0 radical (unpaired) electrons. The molecule has 0 saturated heterocycles. The lowest BCUT2D eigenvalue weighted by molar-refractivity contribution is -0.121. The lowest BCUT2D eigenvalue weighted by Gasteiger charge is -2.17. The smallest absolute Gasteiger partial charge is 0.254 e. The first-order valence-electron chi connectivity index (χ1n) is 7.15. The minimum Gasteiger partial charge on any atom is -0.496 e. The summed E-state index contributed by atoms with van der Waals surface area (Å²) in [6.07, 6.45) is 0.745. The molecule has 0 unspecified atom stereocenters. The molecule has 1 rings (SSSR count). The zero-order valence-electron chi connectivity index (χ0n) is 13.6. The highest BCUT2D eigenvalue weighted by Gasteiger charge is 2.16. The summed E-state index contributed by atoms with van der Waals surface area (Å²) in [5.41, 5.74) is 1.45. The number of nitrogens with one attached hydrogen (secondary N) is 1. The summed E-state index contributed by atoms with van der Waals surface area (Å²) in [6, 6.07) is 5.24. The molecule has 1 N–H and O–H groups in total. The number of carbonyl (C=O) groups excluding carboxylic acids is 2. The van der Waals surface area contributed by atoms with Gasteiger partial charge in [-0.15, -0.1) is 0 Å². The standard InChI is InChI=1S/C16H24N2O4/c1-12-6-7-13(10-14(12)22-4)16(20)18(2)11-15(19)17-8-5-9-21-3/h6-7,10H,5,8-9,11H2,1-4H3,(H,17,19). The third kappa shape index (κ3) is 5.37. The maximum Gasteiger partial charge on any atom is 0.254 e. The molecule has 0 atom stereocenters. The van der Waals surface area contributed by atoms with Crippen molar-refractivity contribution in [2.75, 3.05) is 41.0 Å². The van der Waals surface area contributed by atoms with Crippen LogP contribution in [0.15, 0.2) is 18.2 Å². The molecule has 2 amide bonds. The van der Waals surface area contributed by atoms with Gasteiger partial charge in [-0.3, -0.25) is 9.59 Å². The highest BCUT2D eigenvalue weighted by atomic mass is 16.5. The number of methoxy groups -OCH3 is 2. The van der Waals surface area contributed by atoms with Crippen LogP contribution in [0, 0.1) is 6.92 Å². The Bertz CT molecular complexity index is 517. The SMILES string of the molecule is COCCCNC(=O)CN(C)C(=O)c1ccc(C)c(OC)c1.